The third-order valence-corrected chi connectivity index (χ3v) is 9.24. The average molecular weight is 437 g/mol. The van der Waals surface area contributed by atoms with Crippen molar-refractivity contribution in [2.45, 2.75) is 115 Å². The molecule has 170 valence electrons. The van der Waals surface area contributed by atoms with E-state index in [-0.39, 0.29) is 0 Å². The van der Waals surface area contributed by atoms with E-state index in [0.717, 1.165) is 11.3 Å². The lowest BCUT2D eigenvalue weighted by molar-refractivity contribution is 0.490. The molecule has 0 aliphatic heterocycles. The van der Waals surface area contributed by atoms with Crippen LogP contribution in [0.5, 0.6) is 0 Å². The van der Waals surface area contributed by atoms with Gasteiger partial charge < -0.3 is 0 Å². The van der Waals surface area contributed by atoms with E-state index in [2.05, 4.69) is 76.2 Å². The van der Waals surface area contributed by atoms with Crippen molar-refractivity contribution in [2.24, 2.45) is 0 Å². The van der Waals surface area contributed by atoms with E-state index in [4.69, 9.17) is 0 Å². The van der Waals surface area contributed by atoms with E-state index in [0.29, 0.717) is 11.8 Å². The monoisotopic (exact) mass is 436 g/mol. The van der Waals surface area contributed by atoms with Gasteiger partial charge in [-0.15, -0.1) is 8.58 Å². The maximum absolute atomic E-state index is 2.26. The summed E-state index contributed by atoms with van der Waals surface area (Å²) in [5.41, 5.74) is 7.94. The van der Waals surface area contributed by atoms with Crippen LogP contribution in [0.15, 0.2) is 48.5 Å². The fourth-order valence-electron chi connectivity index (χ4n) is 5.36. The van der Waals surface area contributed by atoms with Crippen LogP contribution in [0.2, 0.25) is 0 Å². The van der Waals surface area contributed by atoms with Crippen LogP contribution in [0.4, 0.5) is 0 Å². The Hall–Kier alpha value is -1.13. The van der Waals surface area contributed by atoms with Crippen molar-refractivity contribution in [3.8, 4) is 11.1 Å². The molecule has 0 saturated heterocycles. The first kappa shape index (κ1) is 24.5. The van der Waals surface area contributed by atoms with Gasteiger partial charge >= 0.3 is 0 Å². The molecule has 0 unspecified atom stereocenters. The molecule has 4 rings (SSSR count). The second-order valence-electron chi connectivity index (χ2n) is 10.3. The molecule has 0 N–H and O–H groups in total. The van der Waals surface area contributed by atoms with Crippen LogP contribution in [0, 0.1) is 0 Å². The van der Waals surface area contributed by atoms with Crippen LogP contribution in [-0.4, -0.2) is 11.3 Å². The van der Waals surface area contributed by atoms with Gasteiger partial charge in [-0.1, -0.05) is 115 Å². The molecule has 2 fully saturated rings. The Morgan fingerprint density at radius 3 is 1.26 bits per heavy atom. The minimum absolute atomic E-state index is 0.557. The predicted molar refractivity (Wildman–Crippen MR) is 142 cm³/mol. The summed E-state index contributed by atoms with van der Waals surface area (Å²) in [7, 11) is 1.33. The molecule has 0 radical (unpaired) electrons. The molecule has 2 saturated carbocycles. The Labute approximate surface area is 194 Å². The summed E-state index contributed by atoms with van der Waals surface area (Å²) in [6.45, 7) is 9.04. The lowest BCUT2D eigenvalue weighted by Crippen LogP contribution is -2.14. The summed E-state index contributed by atoms with van der Waals surface area (Å²) in [6, 6.07) is 17.5. The smallest absolute Gasteiger partial charge is 0.0146 e. The van der Waals surface area contributed by atoms with Gasteiger partial charge in [0.05, 0.1) is 0 Å². The van der Waals surface area contributed by atoms with Crippen molar-refractivity contribution in [3.05, 3.63) is 59.7 Å². The molecule has 2 aromatic rings. The predicted octanol–water partition coefficient (Wildman–Crippen LogP) is 9.93. The van der Waals surface area contributed by atoms with Gasteiger partial charge in [-0.3, -0.25) is 0 Å². The number of hydrogen-bond acceptors (Lipinski definition) is 0. The summed E-state index contributed by atoms with van der Waals surface area (Å²) >= 11 is 0. The van der Waals surface area contributed by atoms with Gasteiger partial charge in [0.2, 0.25) is 0 Å². The van der Waals surface area contributed by atoms with Crippen LogP contribution in [0.1, 0.15) is 115 Å². The molecule has 1 heteroatoms. The van der Waals surface area contributed by atoms with E-state index >= 15 is 0 Å². The van der Waals surface area contributed by atoms with Gasteiger partial charge in [-0.05, 0) is 71.1 Å². The van der Waals surface area contributed by atoms with Gasteiger partial charge in [0.25, 0.3) is 0 Å². The highest BCUT2D eigenvalue weighted by Gasteiger charge is 2.20. The van der Waals surface area contributed by atoms with Crippen molar-refractivity contribution in [2.75, 3.05) is 0 Å². The average Bonchev–Trinajstić information content (AvgIpc) is 2.81. The standard InChI is InChI=1S/C18H22.C12H23P/c1-13(2)15-9-5-7-11-17(15)18-12-8-6-10-16(18)14(3)4;1-3-7-11(8-4-1)13-12-9-5-2-6-10-12/h5-14H,1-4H3;11-13H,1-10H2. The van der Waals surface area contributed by atoms with E-state index in [9.17, 15) is 0 Å². The SMILES string of the molecule is C1CCC(PC2CCCCC2)CC1.CC(C)c1ccccc1-c1ccccc1C(C)C. The lowest BCUT2D eigenvalue weighted by atomic mass is 9.87. The summed E-state index contributed by atoms with van der Waals surface area (Å²) in [4.78, 5) is 0. The second kappa shape index (κ2) is 12.8. The van der Waals surface area contributed by atoms with Gasteiger partial charge in [0, 0.05) is 0 Å². The first-order valence-electron chi connectivity index (χ1n) is 13.0. The summed E-state index contributed by atoms with van der Waals surface area (Å²) in [5.74, 6) is 1.11. The number of hydrogen-bond donors (Lipinski definition) is 0. The van der Waals surface area contributed by atoms with Crippen molar-refractivity contribution in [3.63, 3.8) is 0 Å². The van der Waals surface area contributed by atoms with Crippen molar-refractivity contribution < 1.29 is 0 Å². The van der Waals surface area contributed by atoms with Crippen LogP contribution in [0.25, 0.3) is 11.1 Å². The molecular formula is C30H45P. The van der Waals surface area contributed by atoms with Crippen LogP contribution in [0.3, 0.4) is 0 Å². The Kier molecular flexibility index (Phi) is 10.1. The molecule has 2 aliphatic rings. The summed E-state index contributed by atoms with van der Waals surface area (Å²) in [6.07, 6.45) is 15.4. The third-order valence-electron chi connectivity index (χ3n) is 7.14. The van der Waals surface area contributed by atoms with Crippen molar-refractivity contribution in [1.82, 2.24) is 0 Å². The largest absolute Gasteiger partial charge is 0.116 e. The maximum Gasteiger partial charge on any atom is -0.0146 e. The highest BCUT2D eigenvalue weighted by molar-refractivity contribution is 7.39. The minimum Gasteiger partial charge on any atom is -0.116 e. The van der Waals surface area contributed by atoms with E-state index in [1.54, 1.807) is 25.7 Å². The quantitative estimate of drug-likeness (QED) is 0.409. The highest BCUT2D eigenvalue weighted by Crippen LogP contribution is 2.41. The molecule has 0 heterocycles. The summed E-state index contributed by atoms with van der Waals surface area (Å²) < 4.78 is 0. The highest BCUT2D eigenvalue weighted by atomic mass is 31.1. The Morgan fingerprint density at radius 2 is 0.903 bits per heavy atom. The van der Waals surface area contributed by atoms with Gasteiger partial charge in [-0.25, -0.2) is 0 Å². The van der Waals surface area contributed by atoms with E-state index < -0.39 is 0 Å². The van der Waals surface area contributed by atoms with Gasteiger partial charge in [-0.2, -0.15) is 0 Å². The minimum atomic E-state index is 0.557. The second-order valence-corrected chi connectivity index (χ2v) is 12.3. The Bertz CT molecular complexity index is 698. The number of rotatable bonds is 5. The Balaban J connectivity index is 0.000000185. The molecule has 0 nitrogen and oxygen atoms in total. The first-order chi connectivity index (χ1) is 15.1. The zero-order chi connectivity index (χ0) is 22.1. The lowest BCUT2D eigenvalue weighted by Gasteiger charge is -2.28. The topological polar surface area (TPSA) is 0 Å². The molecule has 0 amide bonds. The van der Waals surface area contributed by atoms with Crippen LogP contribution < -0.4 is 0 Å². The molecule has 2 aliphatic carbocycles. The molecule has 0 atom stereocenters. The first-order valence-corrected chi connectivity index (χ1v) is 14.2. The molecule has 2 aromatic carbocycles. The van der Waals surface area contributed by atoms with Gasteiger partial charge in [0.1, 0.15) is 0 Å². The molecule has 31 heavy (non-hydrogen) atoms. The Morgan fingerprint density at radius 1 is 0.548 bits per heavy atom. The van der Waals surface area contributed by atoms with Crippen molar-refractivity contribution >= 4 is 8.58 Å². The van der Waals surface area contributed by atoms with Crippen LogP contribution in [-0.2, 0) is 0 Å². The van der Waals surface area contributed by atoms with Crippen molar-refractivity contribution in [1.29, 1.82) is 0 Å². The van der Waals surface area contributed by atoms with E-state index in [1.807, 2.05) is 0 Å². The zero-order valence-electron chi connectivity index (χ0n) is 20.5. The third kappa shape index (κ3) is 7.46. The fourth-order valence-corrected chi connectivity index (χ4v) is 7.51. The molecule has 0 bridgehead atoms. The van der Waals surface area contributed by atoms with Gasteiger partial charge in [0.15, 0.2) is 0 Å². The molecule has 0 spiro atoms. The summed E-state index contributed by atoms with van der Waals surface area (Å²) in [5, 5.41) is 0. The molecule has 0 aromatic heterocycles. The fraction of sp³-hybridized carbons (Fsp3) is 0.600. The van der Waals surface area contributed by atoms with Crippen LogP contribution >= 0.6 is 8.58 Å². The molecular weight excluding hydrogens is 391 g/mol. The maximum atomic E-state index is 2.26. The zero-order valence-corrected chi connectivity index (χ0v) is 21.5. The van der Waals surface area contributed by atoms with E-state index in [1.165, 1.54) is 69.4 Å². The number of benzene rings is 2. The normalized spacial score (nSPS) is 18.1.